The highest BCUT2D eigenvalue weighted by molar-refractivity contribution is 7.16. The second kappa shape index (κ2) is 5.84. The van der Waals surface area contributed by atoms with Crippen LogP contribution in [0.4, 0.5) is 0 Å². The first-order valence-electron chi connectivity index (χ1n) is 6.98. The Labute approximate surface area is 127 Å². The molecule has 0 aliphatic heterocycles. The fraction of sp³-hybridized carbons (Fsp3) is 0.571. The van der Waals surface area contributed by atoms with Crippen molar-refractivity contribution in [2.75, 3.05) is 0 Å². The summed E-state index contributed by atoms with van der Waals surface area (Å²) in [5, 5.41) is 7.82. The summed E-state index contributed by atoms with van der Waals surface area (Å²) in [6.45, 7) is 2.64. The van der Waals surface area contributed by atoms with E-state index in [0.717, 1.165) is 29.5 Å². The van der Waals surface area contributed by atoms with E-state index in [2.05, 4.69) is 21.5 Å². The molecular weight excluding hydrogens is 294 g/mol. The van der Waals surface area contributed by atoms with Crippen molar-refractivity contribution in [3.8, 4) is 0 Å². The zero-order valence-corrected chi connectivity index (χ0v) is 13.1. The molecular formula is C14H18ClN3OS. The molecule has 108 valence electrons. The monoisotopic (exact) mass is 311 g/mol. The van der Waals surface area contributed by atoms with E-state index in [0.29, 0.717) is 5.89 Å². The smallest absolute Gasteiger partial charge is 0.223 e. The quantitative estimate of drug-likeness (QED) is 0.925. The Morgan fingerprint density at radius 3 is 2.75 bits per heavy atom. The van der Waals surface area contributed by atoms with Crippen molar-refractivity contribution >= 4 is 22.9 Å². The second-order valence-electron chi connectivity index (χ2n) is 5.34. The van der Waals surface area contributed by atoms with Gasteiger partial charge in [-0.25, -0.2) is 0 Å². The summed E-state index contributed by atoms with van der Waals surface area (Å²) >= 11 is 7.60. The summed E-state index contributed by atoms with van der Waals surface area (Å²) in [5.74, 6) is 1.43. The highest BCUT2D eigenvalue weighted by Crippen LogP contribution is 2.36. The van der Waals surface area contributed by atoms with Gasteiger partial charge in [0.05, 0.1) is 9.88 Å². The minimum absolute atomic E-state index is 0.146. The van der Waals surface area contributed by atoms with Crippen LogP contribution in [0.1, 0.15) is 48.7 Å². The van der Waals surface area contributed by atoms with Crippen LogP contribution < -0.4 is 5.32 Å². The van der Waals surface area contributed by atoms with Crippen LogP contribution >= 0.6 is 22.9 Å². The van der Waals surface area contributed by atoms with Gasteiger partial charge < -0.3 is 4.52 Å². The minimum atomic E-state index is -0.146. The Balaban J connectivity index is 1.79. The SMILES string of the molecule is Cc1nc(C2(NCc3ccc(Cl)s3)CCCCC2)no1. The van der Waals surface area contributed by atoms with Gasteiger partial charge in [0, 0.05) is 18.3 Å². The molecule has 1 N–H and O–H groups in total. The van der Waals surface area contributed by atoms with Gasteiger partial charge in [0.15, 0.2) is 5.82 Å². The zero-order valence-electron chi connectivity index (χ0n) is 11.5. The first-order valence-corrected chi connectivity index (χ1v) is 8.17. The van der Waals surface area contributed by atoms with E-state index < -0.39 is 0 Å². The standard InChI is InChI=1S/C14H18ClN3OS/c1-10-17-13(18-19-10)14(7-3-2-4-8-14)16-9-11-5-6-12(15)20-11/h5-6,16H,2-4,7-9H2,1H3. The summed E-state index contributed by atoms with van der Waals surface area (Å²) in [6.07, 6.45) is 5.80. The van der Waals surface area contributed by atoms with Crippen molar-refractivity contribution in [2.45, 2.75) is 51.1 Å². The van der Waals surface area contributed by atoms with Crippen molar-refractivity contribution in [1.29, 1.82) is 0 Å². The van der Waals surface area contributed by atoms with Crippen LogP contribution in [0.3, 0.4) is 0 Å². The summed E-state index contributed by atoms with van der Waals surface area (Å²) in [7, 11) is 0. The molecule has 3 rings (SSSR count). The molecule has 0 spiro atoms. The molecule has 1 fully saturated rings. The largest absolute Gasteiger partial charge is 0.340 e. The molecule has 0 saturated heterocycles. The fourth-order valence-corrected chi connectivity index (χ4v) is 3.86. The van der Waals surface area contributed by atoms with E-state index in [4.69, 9.17) is 16.1 Å². The Hall–Kier alpha value is -0.910. The number of aromatic nitrogens is 2. The molecule has 1 aliphatic rings. The molecule has 0 unspecified atom stereocenters. The highest BCUT2D eigenvalue weighted by Gasteiger charge is 2.37. The predicted octanol–water partition coefficient (Wildman–Crippen LogP) is 4.04. The van der Waals surface area contributed by atoms with Crippen LogP contribution in [0.5, 0.6) is 0 Å². The molecule has 0 aromatic carbocycles. The van der Waals surface area contributed by atoms with E-state index in [1.807, 2.05) is 13.0 Å². The van der Waals surface area contributed by atoms with E-state index in [-0.39, 0.29) is 5.54 Å². The number of thiophene rings is 1. The van der Waals surface area contributed by atoms with Crippen molar-refractivity contribution in [2.24, 2.45) is 0 Å². The fourth-order valence-electron chi connectivity index (χ4n) is 2.83. The molecule has 6 heteroatoms. The summed E-state index contributed by atoms with van der Waals surface area (Å²) in [6, 6.07) is 4.01. The van der Waals surface area contributed by atoms with Crippen LogP contribution in [0.2, 0.25) is 4.34 Å². The van der Waals surface area contributed by atoms with Crippen molar-refractivity contribution in [3.63, 3.8) is 0 Å². The van der Waals surface area contributed by atoms with Crippen LogP contribution in [0.25, 0.3) is 0 Å². The number of halogens is 1. The number of rotatable bonds is 4. The lowest BCUT2D eigenvalue weighted by atomic mass is 9.81. The molecule has 4 nitrogen and oxygen atoms in total. The lowest BCUT2D eigenvalue weighted by molar-refractivity contribution is 0.211. The number of nitrogens with zero attached hydrogens (tertiary/aromatic N) is 2. The molecule has 0 atom stereocenters. The second-order valence-corrected chi connectivity index (χ2v) is 7.14. The maximum absolute atomic E-state index is 5.99. The molecule has 20 heavy (non-hydrogen) atoms. The number of aryl methyl sites for hydroxylation is 1. The predicted molar refractivity (Wildman–Crippen MR) is 80.0 cm³/mol. The molecule has 1 saturated carbocycles. The first-order chi connectivity index (χ1) is 9.68. The maximum atomic E-state index is 5.99. The molecule has 2 heterocycles. The van der Waals surface area contributed by atoms with Gasteiger partial charge in [-0.3, -0.25) is 5.32 Å². The van der Waals surface area contributed by atoms with E-state index in [1.165, 1.54) is 24.1 Å². The minimum Gasteiger partial charge on any atom is -0.340 e. The summed E-state index contributed by atoms with van der Waals surface area (Å²) < 4.78 is 6.01. The van der Waals surface area contributed by atoms with Crippen LogP contribution in [0, 0.1) is 6.92 Å². The topological polar surface area (TPSA) is 51.0 Å². The third-order valence-electron chi connectivity index (χ3n) is 3.89. The van der Waals surface area contributed by atoms with Crippen molar-refractivity contribution in [3.05, 3.63) is 33.1 Å². The van der Waals surface area contributed by atoms with Gasteiger partial charge in [-0.2, -0.15) is 4.98 Å². The van der Waals surface area contributed by atoms with E-state index in [1.54, 1.807) is 11.3 Å². The first kappa shape index (κ1) is 14.0. The number of nitrogens with one attached hydrogen (secondary N) is 1. The lowest BCUT2D eigenvalue weighted by Crippen LogP contribution is -2.44. The van der Waals surface area contributed by atoms with Crippen LogP contribution in [-0.2, 0) is 12.1 Å². The molecule has 1 aliphatic carbocycles. The highest BCUT2D eigenvalue weighted by atomic mass is 35.5. The van der Waals surface area contributed by atoms with Crippen LogP contribution in [-0.4, -0.2) is 10.1 Å². The Kier molecular flexibility index (Phi) is 4.10. The van der Waals surface area contributed by atoms with Crippen molar-refractivity contribution < 1.29 is 4.52 Å². The average molecular weight is 312 g/mol. The molecule has 0 radical (unpaired) electrons. The third-order valence-corrected chi connectivity index (χ3v) is 5.12. The van der Waals surface area contributed by atoms with Crippen molar-refractivity contribution in [1.82, 2.24) is 15.5 Å². The van der Waals surface area contributed by atoms with E-state index in [9.17, 15) is 0 Å². The molecule has 0 bridgehead atoms. The van der Waals surface area contributed by atoms with Gasteiger partial charge in [-0.15, -0.1) is 11.3 Å². The van der Waals surface area contributed by atoms with Gasteiger partial charge >= 0.3 is 0 Å². The lowest BCUT2D eigenvalue weighted by Gasteiger charge is -2.35. The van der Waals surface area contributed by atoms with Gasteiger partial charge in [0.1, 0.15) is 0 Å². The molecule has 0 amide bonds. The maximum Gasteiger partial charge on any atom is 0.223 e. The summed E-state index contributed by atoms with van der Waals surface area (Å²) in [5.41, 5.74) is -0.146. The van der Waals surface area contributed by atoms with Crippen LogP contribution in [0.15, 0.2) is 16.7 Å². The summed E-state index contributed by atoms with van der Waals surface area (Å²) in [4.78, 5) is 5.70. The zero-order chi connectivity index (χ0) is 14.0. The van der Waals surface area contributed by atoms with Gasteiger partial charge in [-0.1, -0.05) is 36.0 Å². The third kappa shape index (κ3) is 2.90. The number of hydrogen-bond donors (Lipinski definition) is 1. The normalized spacial score (nSPS) is 18.3. The van der Waals surface area contributed by atoms with E-state index >= 15 is 0 Å². The molecule has 2 aromatic rings. The molecule has 2 aromatic heterocycles. The van der Waals surface area contributed by atoms with Gasteiger partial charge in [0.25, 0.3) is 0 Å². The number of hydrogen-bond acceptors (Lipinski definition) is 5. The average Bonchev–Trinajstić information content (AvgIpc) is 3.07. The van der Waals surface area contributed by atoms with Gasteiger partial charge in [-0.05, 0) is 25.0 Å². The van der Waals surface area contributed by atoms with Gasteiger partial charge in [0.2, 0.25) is 5.89 Å². The Morgan fingerprint density at radius 1 is 1.35 bits per heavy atom. The Morgan fingerprint density at radius 2 is 2.15 bits per heavy atom. The Bertz CT molecular complexity index is 574.